The fourth-order valence-corrected chi connectivity index (χ4v) is 3.01. The highest BCUT2D eigenvalue weighted by Gasteiger charge is 2.19. The van der Waals surface area contributed by atoms with Gasteiger partial charge < -0.3 is 5.32 Å². The minimum atomic E-state index is 0.532. The molecular weight excluding hydrogens is 202 g/mol. The monoisotopic (exact) mass is 225 g/mol. The molecule has 1 nitrogen and oxygen atoms in total. The van der Waals surface area contributed by atoms with Crippen molar-refractivity contribution in [2.45, 2.75) is 47.1 Å². The lowest BCUT2D eigenvalue weighted by Crippen LogP contribution is -2.26. The van der Waals surface area contributed by atoms with Crippen molar-refractivity contribution in [3.05, 3.63) is 21.4 Å². The Labute approximate surface area is 97.9 Å². The van der Waals surface area contributed by atoms with Gasteiger partial charge in [-0.3, -0.25) is 0 Å². The van der Waals surface area contributed by atoms with Gasteiger partial charge in [0.25, 0.3) is 0 Å². The largest absolute Gasteiger partial charge is 0.310 e. The van der Waals surface area contributed by atoms with Crippen LogP contribution < -0.4 is 5.32 Å². The summed E-state index contributed by atoms with van der Waals surface area (Å²) in [5, 5.41) is 3.61. The van der Waals surface area contributed by atoms with Gasteiger partial charge >= 0.3 is 0 Å². The molecule has 0 bridgehead atoms. The van der Waals surface area contributed by atoms with E-state index in [4.69, 9.17) is 0 Å². The fraction of sp³-hybridized carbons (Fsp3) is 0.692. The van der Waals surface area contributed by atoms with Gasteiger partial charge in [-0.15, -0.1) is 11.3 Å². The average molecular weight is 225 g/mol. The third-order valence-corrected chi connectivity index (χ3v) is 4.03. The minimum absolute atomic E-state index is 0.532. The van der Waals surface area contributed by atoms with E-state index in [0.717, 1.165) is 6.54 Å². The van der Waals surface area contributed by atoms with Crippen LogP contribution in [0.2, 0.25) is 0 Å². The first-order chi connectivity index (χ1) is 7.10. The zero-order valence-corrected chi connectivity index (χ0v) is 11.4. The molecule has 2 atom stereocenters. The molecule has 0 aliphatic heterocycles. The van der Waals surface area contributed by atoms with Gasteiger partial charge in [0.1, 0.15) is 0 Å². The molecule has 0 fully saturated rings. The molecule has 1 N–H and O–H groups in total. The standard InChI is InChI=1S/C13H23NS/c1-6-9(3)13(14-7-2)12-8-10(4)15-11(12)5/h8-9,13-14H,6-7H2,1-5H3. The van der Waals surface area contributed by atoms with Crippen LogP contribution in [0, 0.1) is 19.8 Å². The predicted molar refractivity (Wildman–Crippen MR) is 69.7 cm³/mol. The summed E-state index contributed by atoms with van der Waals surface area (Å²) in [6.45, 7) is 12.3. The lowest BCUT2D eigenvalue weighted by Gasteiger charge is -2.24. The number of nitrogens with one attached hydrogen (secondary N) is 1. The van der Waals surface area contributed by atoms with Crippen molar-refractivity contribution < 1.29 is 0 Å². The zero-order valence-electron chi connectivity index (χ0n) is 10.6. The quantitative estimate of drug-likeness (QED) is 0.797. The molecule has 86 valence electrons. The van der Waals surface area contributed by atoms with E-state index in [0.29, 0.717) is 12.0 Å². The summed E-state index contributed by atoms with van der Waals surface area (Å²) in [5.74, 6) is 0.706. The summed E-state index contributed by atoms with van der Waals surface area (Å²) < 4.78 is 0. The number of aryl methyl sites for hydroxylation is 2. The molecule has 0 radical (unpaired) electrons. The number of hydrogen-bond donors (Lipinski definition) is 1. The molecule has 1 aromatic rings. The van der Waals surface area contributed by atoms with Crippen molar-refractivity contribution in [2.75, 3.05) is 6.54 Å². The zero-order chi connectivity index (χ0) is 11.4. The normalized spacial score (nSPS) is 15.3. The van der Waals surface area contributed by atoms with Crippen LogP contribution in [-0.4, -0.2) is 6.54 Å². The van der Waals surface area contributed by atoms with Crippen molar-refractivity contribution in [3.8, 4) is 0 Å². The molecule has 1 aromatic heterocycles. The van der Waals surface area contributed by atoms with E-state index in [1.807, 2.05) is 11.3 Å². The summed E-state index contributed by atoms with van der Waals surface area (Å²) >= 11 is 1.91. The van der Waals surface area contributed by atoms with E-state index < -0.39 is 0 Å². The van der Waals surface area contributed by atoms with Crippen LogP contribution in [0.1, 0.15) is 48.6 Å². The molecule has 0 saturated heterocycles. The maximum atomic E-state index is 3.61. The van der Waals surface area contributed by atoms with Crippen molar-refractivity contribution in [1.82, 2.24) is 5.32 Å². The molecule has 15 heavy (non-hydrogen) atoms. The van der Waals surface area contributed by atoms with Crippen molar-refractivity contribution in [3.63, 3.8) is 0 Å². The lowest BCUT2D eigenvalue weighted by atomic mass is 9.92. The van der Waals surface area contributed by atoms with Gasteiger partial charge in [0.05, 0.1) is 0 Å². The minimum Gasteiger partial charge on any atom is -0.310 e. The van der Waals surface area contributed by atoms with E-state index in [9.17, 15) is 0 Å². The second kappa shape index (κ2) is 5.66. The van der Waals surface area contributed by atoms with Crippen LogP contribution in [0.25, 0.3) is 0 Å². The van der Waals surface area contributed by atoms with Gasteiger partial charge in [-0.2, -0.15) is 0 Å². The van der Waals surface area contributed by atoms with E-state index in [1.165, 1.54) is 21.7 Å². The Balaban J connectivity index is 2.92. The molecule has 0 spiro atoms. The first-order valence-electron chi connectivity index (χ1n) is 5.90. The van der Waals surface area contributed by atoms with Crippen molar-refractivity contribution in [2.24, 2.45) is 5.92 Å². The summed E-state index contributed by atoms with van der Waals surface area (Å²) in [6.07, 6.45) is 1.23. The Morgan fingerprint density at radius 3 is 2.40 bits per heavy atom. The third kappa shape index (κ3) is 3.05. The average Bonchev–Trinajstić information content (AvgIpc) is 2.53. The van der Waals surface area contributed by atoms with E-state index in [2.05, 4.69) is 46.0 Å². The second-order valence-corrected chi connectivity index (χ2v) is 5.75. The third-order valence-electron chi connectivity index (χ3n) is 3.05. The maximum Gasteiger partial charge on any atom is 0.0356 e. The smallest absolute Gasteiger partial charge is 0.0356 e. The molecule has 0 aromatic carbocycles. The summed E-state index contributed by atoms with van der Waals surface area (Å²) in [5.41, 5.74) is 1.51. The van der Waals surface area contributed by atoms with Crippen molar-refractivity contribution in [1.29, 1.82) is 0 Å². The van der Waals surface area contributed by atoms with E-state index in [1.54, 1.807) is 0 Å². The summed E-state index contributed by atoms with van der Waals surface area (Å²) in [6, 6.07) is 2.88. The second-order valence-electron chi connectivity index (χ2n) is 4.29. The Morgan fingerprint density at radius 2 is 2.00 bits per heavy atom. The van der Waals surface area contributed by atoms with Crippen LogP contribution in [-0.2, 0) is 0 Å². The number of hydrogen-bond acceptors (Lipinski definition) is 2. The highest BCUT2D eigenvalue weighted by Crippen LogP contribution is 2.31. The Hall–Kier alpha value is -0.340. The van der Waals surface area contributed by atoms with Crippen molar-refractivity contribution >= 4 is 11.3 Å². The molecule has 0 aliphatic carbocycles. The van der Waals surface area contributed by atoms with Crippen LogP contribution in [0.5, 0.6) is 0 Å². The van der Waals surface area contributed by atoms with Crippen LogP contribution in [0.4, 0.5) is 0 Å². The number of rotatable bonds is 5. The van der Waals surface area contributed by atoms with E-state index in [-0.39, 0.29) is 0 Å². The van der Waals surface area contributed by atoms with Gasteiger partial charge in [-0.1, -0.05) is 27.2 Å². The highest BCUT2D eigenvalue weighted by atomic mass is 32.1. The molecule has 1 rings (SSSR count). The van der Waals surface area contributed by atoms with Gasteiger partial charge in [0, 0.05) is 15.8 Å². The Bertz CT molecular complexity index is 303. The highest BCUT2D eigenvalue weighted by molar-refractivity contribution is 7.12. The molecule has 1 heterocycles. The molecule has 0 aliphatic rings. The maximum absolute atomic E-state index is 3.61. The molecular formula is C13H23NS. The topological polar surface area (TPSA) is 12.0 Å². The van der Waals surface area contributed by atoms with Gasteiger partial charge in [0.2, 0.25) is 0 Å². The first kappa shape index (κ1) is 12.7. The SMILES string of the molecule is CCNC(c1cc(C)sc1C)C(C)CC. The molecule has 0 saturated carbocycles. The molecule has 2 heteroatoms. The van der Waals surface area contributed by atoms with Crippen LogP contribution >= 0.6 is 11.3 Å². The lowest BCUT2D eigenvalue weighted by molar-refractivity contribution is 0.383. The van der Waals surface area contributed by atoms with E-state index >= 15 is 0 Å². The molecule has 0 amide bonds. The predicted octanol–water partition coefficient (Wildman–Crippen LogP) is 4.06. The summed E-state index contributed by atoms with van der Waals surface area (Å²) in [7, 11) is 0. The van der Waals surface area contributed by atoms with Crippen LogP contribution in [0.3, 0.4) is 0 Å². The fourth-order valence-electron chi connectivity index (χ4n) is 2.03. The van der Waals surface area contributed by atoms with Crippen LogP contribution in [0.15, 0.2) is 6.07 Å². The molecule has 2 unspecified atom stereocenters. The first-order valence-corrected chi connectivity index (χ1v) is 6.72. The summed E-state index contributed by atoms with van der Waals surface area (Å²) in [4.78, 5) is 2.90. The van der Waals surface area contributed by atoms with Gasteiger partial charge in [-0.05, 0) is 37.9 Å². The Kier molecular flexibility index (Phi) is 4.81. The van der Waals surface area contributed by atoms with Gasteiger partial charge in [-0.25, -0.2) is 0 Å². The number of thiophene rings is 1. The Morgan fingerprint density at radius 1 is 1.33 bits per heavy atom. The van der Waals surface area contributed by atoms with Gasteiger partial charge in [0.15, 0.2) is 0 Å².